The highest BCUT2D eigenvalue weighted by Gasteiger charge is 1.94. The van der Waals surface area contributed by atoms with Crippen molar-refractivity contribution in [3.63, 3.8) is 0 Å². The lowest BCUT2D eigenvalue weighted by atomic mass is 10.5. The Balaban J connectivity index is 2.16. The smallest absolute Gasteiger partial charge is 0.154 e. The average Bonchev–Trinajstić information content (AvgIpc) is 2.21. The van der Waals surface area contributed by atoms with Gasteiger partial charge in [0, 0.05) is 12.4 Å². The molecule has 64 valence electrons. The van der Waals surface area contributed by atoms with Crippen LogP contribution in [0.5, 0.6) is 0 Å². The molecule has 13 heavy (non-hydrogen) atoms. The molecule has 0 amide bonds. The van der Waals surface area contributed by atoms with Crippen LogP contribution in [0.4, 0.5) is 11.6 Å². The van der Waals surface area contributed by atoms with Crippen molar-refractivity contribution < 1.29 is 0 Å². The lowest BCUT2D eigenvalue weighted by Gasteiger charge is -2.00. The first-order chi connectivity index (χ1) is 6.45. The second-order valence-corrected chi connectivity index (χ2v) is 2.34. The minimum absolute atomic E-state index is 0.656. The van der Waals surface area contributed by atoms with Crippen molar-refractivity contribution in [1.29, 1.82) is 0 Å². The Labute approximate surface area is 74.9 Å². The Kier molecular flexibility index (Phi) is 2.09. The topological polar surface area (TPSA) is 63.6 Å². The summed E-state index contributed by atoms with van der Waals surface area (Å²) in [5, 5.41) is 18.1. The highest BCUT2D eigenvalue weighted by molar-refractivity contribution is 5.49. The largest absolute Gasteiger partial charge is 0.322 e. The molecule has 0 atom stereocenters. The number of aromatic nitrogens is 4. The van der Waals surface area contributed by atoms with E-state index >= 15 is 0 Å². The van der Waals surface area contributed by atoms with Crippen LogP contribution in [-0.2, 0) is 0 Å². The Morgan fingerprint density at radius 2 is 1.38 bits per heavy atom. The minimum Gasteiger partial charge on any atom is -0.322 e. The van der Waals surface area contributed by atoms with Crippen LogP contribution in [-0.4, -0.2) is 20.4 Å². The predicted octanol–water partition coefficient (Wildman–Crippen LogP) is 1.01. The van der Waals surface area contributed by atoms with Crippen molar-refractivity contribution in [2.75, 3.05) is 5.32 Å². The van der Waals surface area contributed by atoms with Crippen LogP contribution >= 0.6 is 0 Å². The zero-order valence-corrected chi connectivity index (χ0v) is 6.75. The van der Waals surface area contributed by atoms with E-state index in [-0.39, 0.29) is 0 Å². The molecule has 0 aliphatic heterocycles. The highest BCUT2D eigenvalue weighted by atomic mass is 15.2. The lowest BCUT2D eigenvalue weighted by molar-refractivity contribution is 1.01. The van der Waals surface area contributed by atoms with Crippen LogP contribution in [0.2, 0.25) is 0 Å². The van der Waals surface area contributed by atoms with Crippen LogP contribution < -0.4 is 5.32 Å². The Hall–Kier alpha value is -2.04. The van der Waals surface area contributed by atoms with Crippen LogP contribution in [0.25, 0.3) is 0 Å². The van der Waals surface area contributed by atoms with Gasteiger partial charge in [0.25, 0.3) is 0 Å². The van der Waals surface area contributed by atoms with E-state index in [9.17, 15) is 0 Å². The number of hydrogen-bond acceptors (Lipinski definition) is 5. The van der Waals surface area contributed by atoms with Crippen molar-refractivity contribution in [2.45, 2.75) is 0 Å². The monoisotopic (exact) mass is 173 g/mol. The van der Waals surface area contributed by atoms with E-state index in [1.165, 1.54) is 0 Å². The fourth-order valence-corrected chi connectivity index (χ4v) is 0.868. The maximum atomic E-state index is 3.85. The molecule has 0 bridgehead atoms. The Bertz CT molecular complexity index is 323. The zero-order valence-electron chi connectivity index (χ0n) is 6.75. The maximum Gasteiger partial charge on any atom is 0.154 e. The van der Waals surface area contributed by atoms with E-state index in [1.54, 1.807) is 24.5 Å². The number of nitrogens with zero attached hydrogens (tertiary/aromatic N) is 4. The van der Waals surface area contributed by atoms with Gasteiger partial charge in [0.05, 0.1) is 0 Å². The summed E-state index contributed by atoms with van der Waals surface area (Å²) in [6.45, 7) is 0. The summed E-state index contributed by atoms with van der Waals surface area (Å²) in [4.78, 5) is 0. The van der Waals surface area contributed by atoms with E-state index < -0.39 is 0 Å². The fraction of sp³-hybridized carbons (Fsp3) is 0. The van der Waals surface area contributed by atoms with Gasteiger partial charge in [-0.1, -0.05) is 0 Å². The SMILES string of the molecule is c1cnnc(Nc2cccnn2)c1. The molecular weight excluding hydrogens is 166 g/mol. The molecule has 2 rings (SSSR count). The van der Waals surface area contributed by atoms with Gasteiger partial charge >= 0.3 is 0 Å². The number of anilines is 2. The summed E-state index contributed by atoms with van der Waals surface area (Å²) >= 11 is 0. The first kappa shape index (κ1) is 7.60. The molecule has 0 fully saturated rings. The molecule has 0 saturated carbocycles. The third kappa shape index (κ3) is 1.96. The molecule has 0 radical (unpaired) electrons. The first-order valence-electron chi connectivity index (χ1n) is 3.77. The van der Waals surface area contributed by atoms with Crippen LogP contribution in [0.15, 0.2) is 36.7 Å². The van der Waals surface area contributed by atoms with Crippen LogP contribution in [0, 0.1) is 0 Å². The number of rotatable bonds is 2. The van der Waals surface area contributed by atoms with Gasteiger partial charge in [0.2, 0.25) is 0 Å². The molecule has 0 aliphatic carbocycles. The average molecular weight is 173 g/mol. The van der Waals surface area contributed by atoms with Gasteiger partial charge < -0.3 is 5.32 Å². The van der Waals surface area contributed by atoms with Gasteiger partial charge in [-0.25, -0.2) is 0 Å². The quantitative estimate of drug-likeness (QED) is 0.734. The molecule has 0 spiro atoms. The molecule has 0 aromatic carbocycles. The molecule has 0 aliphatic rings. The van der Waals surface area contributed by atoms with Crippen molar-refractivity contribution in [3.05, 3.63) is 36.7 Å². The summed E-state index contributed by atoms with van der Waals surface area (Å²) in [5.41, 5.74) is 0. The van der Waals surface area contributed by atoms with Gasteiger partial charge in [-0.05, 0) is 24.3 Å². The van der Waals surface area contributed by atoms with Gasteiger partial charge in [-0.15, -0.1) is 10.2 Å². The summed E-state index contributed by atoms with van der Waals surface area (Å²) in [5.74, 6) is 1.31. The molecule has 1 N–H and O–H groups in total. The van der Waals surface area contributed by atoms with Crippen LogP contribution in [0.3, 0.4) is 0 Å². The molecule has 2 aromatic heterocycles. The van der Waals surface area contributed by atoms with Gasteiger partial charge in [0.15, 0.2) is 11.6 Å². The third-order valence-electron chi connectivity index (χ3n) is 1.40. The van der Waals surface area contributed by atoms with Crippen molar-refractivity contribution >= 4 is 11.6 Å². The van der Waals surface area contributed by atoms with E-state index in [0.717, 1.165) is 0 Å². The molecule has 5 heteroatoms. The standard InChI is InChI=1S/C8H7N5/c1-3-7(12-9-5-1)11-8-4-2-6-10-13-8/h1-6H,(H,11,12,13). The summed E-state index contributed by atoms with van der Waals surface area (Å²) in [7, 11) is 0. The van der Waals surface area contributed by atoms with Crippen molar-refractivity contribution in [2.24, 2.45) is 0 Å². The summed E-state index contributed by atoms with van der Waals surface area (Å²) in [6, 6.07) is 7.21. The van der Waals surface area contributed by atoms with Gasteiger partial charge in [-0.2, -0.15) is 10.2 Å². The van der Waals surface area contributed by atoms with Crippen molar-refractivity contribution in [3.8, 4) is 0 Å². The number of nitrogens with one attached hydrogen (secondary N) is 1. The summed E-state index contributed by atoms with van der Waals surface area (Å²) < 4.78 is 0. The molecule has 2 aromatic rings. The molecule has 0 unspecified atom stereocenters. The van der Waals surface area contributed by atoms with Crippen LogP contribution in [0.1, 0.15) is 0 Å². The van der Waals surface area contributed by atoms with E-state index in [0.29, 0.717) is 11.6 Å². The van der Waals surface area contributed by atoms with E-state index in [4.69, 9.17) is 0 Å². The Morgan fingerprint density at radius 1 is 0.846 bits per heavy atom. The minimum atomic E-state index is 0.656. The predicted molar refractivity (Wildman–Crippen MR) is 47.3 cm³/mol. The lowest BCUT2D eigenvalue weighted by Crippen LogP contribution is -1.96. The number of hydrogen-bond donors (Lipinski definition) is 1. The first-order valence-corrected chi connectivity index (χ1v) is 3.77. The van der Waals surface area contributed by atoms with Gasteiger partial charge in [-0.3, -0.25) is 0 Å². The van der Waals surface area contributed by atoms with E-state index in [1.807, 2.05) is 12.1 Å². The summed E-state index contributed by atoms with van der Waals surface area (Å²) in [6.07, 6.45) is 3.23. The maximum absolute atomic E-state index is 3.85. The fourth-order valence-electron chi connectivity index (χ4n) is 0.868. The van der Waals surface area contributed by atoms with E-state index in [2.05, 4.69) is 25.7 Å². The normalized spacial score (nSPS) is 9.54. The molecule has 0 saturated heterocycles. The third-order valence-corrected chi connectivity index (χ3v) is 1.40. The molecule has 5 nitrogen and oxygen atoms in total. The second kappa shape index (κ2) is 3.57. The van der Waals surface area contributed by atoms with Crippen molar-refractivity contribution in [1.82, 2.24) is 20.4 Å². The molecular formula is C8H7N5. The van der Waals surface area contributed by atoms with Gasteiger partial charge in [0.1, 0.15) is 0 Å². The Morgan fingerprint density at radius 3 is 1.77 bits per heavy atom. The molecule has 2 heterocycles. The highest BCUT2D eigenvalue weighted by Crippen LogP contribution is 2.07. The zero-order chi connectivity index (χ0) is 8.93. The second-order valence-electron chi connectivity index (χ2n) is 2.34.